The molecule has 3 heteroatoms. The number of hydrogen-bond donors (Lipinski definition) is 1. The molecule has 2 aromatic rings. The Morgan fingerprint density at radius 1 is 1.18 bits per heavy atom. The molecule has 0 bridgehead atoms. The van der Waals surface area contributed by atoms with Crippen molar-refractivity contribution in [3.05, 3.63) is 70.0 Å². The number of aryl methyl sites for hydroxylation is 1. The number of aliphatic hydroxyl groups is 1. The third-order valence-electron chi connectivity index (χ3n) is 2.74. The van der Waals surface area contributed by atoms with Crippen molar-refractivity contribution in [2.24, 2.45) is 0 Å². The molecule has 1 unspecified atom stereocenters. The first-order valence-electron chi connectivity index (χ1n) is 5.28. The van der Waals surface area contributed by atoms with Gasteiger partial charge in [0.05, 0.1) is 5.02 Å². The summed E-state index contributed by atoms with van der Waals surface area (Å²) in [6, 6.07) is 11.8. The normalized spacial score (nSPS) is 12.5. The summed E-state index contributed by atoms with van der Waals surface area (Å²) in [5, 5.41) is 10.2. The van der Waals surface area contributed by atoms with E-state index in [1.807, 2.05) is 31.2 Å². The molecule has 0 aliphatic carbocycles. The van der Waals surface area contributed by atoms with Gasteiger partial charge in [-0.1, -0.05) is 41.9 Å². The zero-order valence-corrected chi connectivity index (χ0v) is 10.1. The Morgan fingerprint density at radius 2 is 1.88 bits per heavy atom. The fourth-order valence-corrected chi connectivity index (χ4v) is 1.87. The molecule has 0 aliphatic heterocycles. The van der Waals surface area contributed by atoms with Gasteiger partial charge in [-0.3, -0.25) is 0 Å². The van der Waals surface area contributed by atoms with E-state index in [1.54, 1.807) is 6.07 Å². The molecule has 88 valence electrons. The molecule has 0 aromatic heterocycles. The quantitative estimate of drug-likeness (QED) is 0.858. The van der Waals surface area contributed by atoms with Crippen LogP contribution in [0.2, 0.25) is 5.02 Å². The van der Waals surface area contributed by atoms with Crippen molar-refractivity contribution in [3.8, 4) is 0 Å². The van der Waals surface area contributed by atoms with Crippen LogP contribution in [0, 0.1) is 12.7 Å². The van der Waals surface area contributed by atoms with Gasteiger partial charge in [-0.05, 0) is 35.7 Å². The fourth-order valence-electron chi connectivity index (χ4n) is 1.76. The maximum atomic E-state index is 13.3. The van der Waals surface area contributed by atoms with Crippen LogP contribution in [0.4, 0.5) is 4.39 Å². The number of halogens is 2. The van der Waals surface area contributed by atoms with Crippen LogP contribution >= 0.6 is 11.6 Å². The zero-order chi connectivity index (χ0) is 12.4. The van der Waals surface area contributed by atoms with Crippen molar-refractivity contribution in [1.29, 1.82) is 0 Å². The van der Waals surface area contributed by atoms with E-state index < -0.39 is 11.9 Å². The highest BCUT2D eigenvalue weighted by molar-refractivity contribution is 6.30. The van der Waals surface area contributed by atoms with E-state index in [1.165, 1.54) is 12.1 Å². The SMILES string of the molecule is Cc1ccccc1C(O)c1ccc(Cl)c(F)c1. The minimum absolute atomic E-state index is 0.0609. The molecule has 17 heavy (non-hydrogen) atoms. The maximum absolute atomic E-state index is 13.3. The van der Waals surface area contributed by atoms with Crippen LogP contribution in [0.3, 0.4) is 0 Å². The molecule has 0 aliphatic rings. The minimum atomic E-state index is -0.831. The third kappa shape index (κ3) is 2.48. The smallest absolute Gasteiger partial charge is 0.142 e. The van der Waals surface area contributed by atoms with Crippen molar-refractivity contribution in [1.82, 2.24) is 0 Å². The standard InChI is InChI=1S/C14H12ClFO/c1-9-4-2-3-5-11(9)14(17)10-6-7-12(15)13(16)8-10/h2-8,14,17H,1H3. The second-order valence-corrected chi connectivity index (χ2v) is 4.34. The topological polar surface area (TPSA) is 20.2 Å². The lowest BCUT2D eigenvalue weighted by Gasteiger charge is -2.14. The van der Waals surface area contributed by atoms with E-state index in [-0.39, 0.29) is 5.02 Å². The highest BCUT2D eigenvalue weighted by Crippen LogP contribution is 2.27. The lowest BCUT2D eigenvalue weighted by molar-refractivity contribution is 0.219. The van der Waals surface area contributed by atoms with Gasteiger partial charge in [0.25, 0.3) is 0 Å². The predicted octanol–water partition coefficient (Wildman–Crippen LogP) is 3.87. The zero-order valence-electron chi connectivity index (χ0n) is 9.32. The molecule has 0 heterocycles. The van der Waals surface area contributed by atoms with Crippen LogP contribution in [0.25, 0.3) is 0 Å². The maximum Gasteiger partial charge on any atom is 0.142 e. The molecule has 0 radical (unpaired) electrons. The van der Waals surface area contributed by atoms with Gasteiger partial charge in [-0.15, -0.1) is 0 Å². The molecule has 2 aromatic carbocycles. The Bertz CT molecular complexity index is 539. The number of aliphatic hydroxyl groups excluding tert-OH is 1. The first-order valence-corrected chi connectivity index (χ1v) is 5.66. The fraction of sp³-hybridized carbons (Fsp3) is 0.143. The summed E-state index contributed by atoms with van der Waals surface area (Å²) >= 11 is 5.61. The van der Waals surface area contributed by atoms with E-state index in [9.17, 15) is 9.50 Å². The second-order valence-electron chi connectivity index (χ2n) is 3.93. The third-order valence-corrected chi connectivity index (χ3v) is 3.05. The van der Waals surface area contributed by atoms with Crippen LogP contribution in [-0.4, -0.2) is 5.11 Å². The summed E-state index contributed by atoms with van der Waals surface area (Å²) in [7, 11) is 0. The Hall–Kier alpha value is -1.38. The molecule has 0 saturated carbocycles. The van der Waals surface area contributed by atoms with Crippen molar-refractivity contribution >= 4 is 11.6 Å². The first kappa shape index (κ1) is 12.1. The lowest BCUT2D eigenvalue weighted by Crippen LogP contribution is -2.02. The van der Waals surface area contributed by atoms with Gasteiger partial charge >= 0.3 is 0 Å². The first-order chi connectivity index (χ1) is 8.09. The summed E-state index contributed by atoms with van der Waals surface area (Å²) in [6.07, 6.45) is -0.831. The van der Waals surface area contributed by atoms with Crippen LogP contribution in [0.1, 0.15) is 22.8 Å². The van der Waals surface area contributed by atoms with E-state index >= 15 is 0 Å². The molecule has 1 atom stereocenters. The Kier molecular flexibility index (Phi) is 3.46. The number of benzene rings is 2. The van der Waals surface area contributed by atoms with E-state index in [0.717, 1.165) is 11.1 Å². The van der Waals surface area contributed by atoms with Crippen molar-refractivity contribution < 1.29 is 9.50 Å². The molecule has 0 amide bonds. The lowest BCUT2D eigenvalue weighted by atomic mass is 9.97. The van der Waals surface area contributed by atoms with Crippen LogP contribution in [-0.2, 0) is 0 Å². The monoisotopic (exact) mass is 250 g/mol. The Labute approximate surface area is 104 Å². The Balaban J connectivity index is 2.40. The second kappa shape index (κ2) is 4.86. The van der Waals surface area contributed by atoms with Crippen molar-refractivity contribution in [2.75, 3.05) is 0 Å². The summed E-state index contributed by atoms with van der Waals surface area (Å²) < 4.78 is 13.3. The number of rotatable bonds is 2. The van der Waals surface area contributed by atoms with E-state index in [4.69, 9.17) is 11.6 Å². The summed E-state index contributed by atoms with van der Waals surface area (Å²) in [5.74, 6) is -0.517. The van der Waals surface area contributed by atoms with Gasteiger partial charge in [0.15, 0.2) is 0 Å². The average Bonchev–Trinajstić information content (AvgIpc) is 2.32. The molecular weight excluding hydrogens is 239 g/mol. The predicted molar refractivity (Wildman–Crippen MR) is 66.7 cm³/mol. The van der Waals surface area contributed by atoms with E-state index in [2.05, 4.69) is 0 Å². The molecule has 0 spiro atoms. The number of hydrogen-bond acceptors (Lipinski definition) is 1. The van der Waals surface area contributed by atoms with Gasteiger partial charge in [-0.25, -0.2) is 4.39 Å². The van der Waals surface area contributed by atoms with Crippen LogP contribution in [0.15, 0.2) is 42.5 Å². The molecule has 1 N–H and O–H groups in total. The van der Waals surface area contributed by atoms with Gasteiger partial charge in [-0.2, -0.15) is 0 Å². The highest BCUT2D eigenvalue weighted by atomic mass is 35.5. The molecule has 0 saturated heterocycles. The van der Waals surface area contributed by atoms with Crippen LogP contribution < -0.4 is 0 Å². The summed E-state index contributed by atoms with van der Waals surface area (Å²) in [4.78, 5) is 0. The van der Waals surface area contributed by atoms with Crippen molar-refractivity contribution in [3.63, 3.8) is 0 Å². The molecule has 0 fully saturated rings. The van der Waals surface area contributed by atoms with E-state index in [0.29, 0.717) is 5.56 Å². The molecular formula is C14H12ClFO. The average molecular weight is 251 g/mol. The van der Waals surface area contributed by atoms with Gasteiger partial charge in [0, 0.05) is 0 Å². The largest absolute Gasteiger partial charge is 0.384 e. The summed E-state index contributed by atoms with van der Waals surface area (Å²) in [5.41, 5.74) is 2.24. The molecule has 2 rings (SSSR count). The van der Waals surface area contributed by atoms with Gasteiger partial charge in [0.1, 0.15) is 11.9 Å². The van der Waals surface area contributed by atoms with Gasteiger partial charge in [0.2, 0.25) is 0 Å². The van der Waals surface area contributed by atoms with Gasteiger partial charge < -0.3 is 5.11 Å². The molecule has 1 nitrogen and oxygen atoms in total. The van der Waals surface area contributed by atoms with Crippen LogP contribution in [0.5, 0.6) is 0 Å². The highest BCUT2D eigenvalue weighted by Gasteiger charge is 2.13. The Morgan fingerprint density at radius 3 is 2.53 bits per heavy atom. The van der Waals surface area contributed by atoms with Crippen molar-refractivity contribution in [2.45, 2.75) is 13.0 Å². The minimum Gasteiger partial charge on any atom is -0.384 e. The summed E-state index contributed by atoms with van der Waals surface area (Å²) in [6.45, 7) is 1.91.